The number of pyridine rings is 2. The Bertz CT molecular complexity index is 1420. The second kappa shape index (κ2) is 13.1. The van der Waals surface area contributed by atoms with E-state index in [4.69, 9.17) is 24.3 Å². The Morgan fingerprint density at radius 3 is 2.38 bits per heavy atom. The van der Waals surface area contributed by atoms with E-state index in [9.17, 15) is 9.36 Å². The lowest BCUT2D eigenvalue weighted by atomic mass is 10.00. The van der Waals surface area contributed by atoms with E-state index in [1.54, 1.807) is 53.8 Å². The molecule has 3 fully saturated rings. The zero-order valence-electron chi connectivity index (χ0n) is 27.8. The van der Waals surface area contributed by atoms with E-state index in [-0.39, 0.29) is 18.6 Å². The number of piperazine rings is 1. The standard InChI is InChI=1S/C34H50N5O5P/c1-8-26-20-25(15-16-36-26)27-21-28(35)32(37-31(27)24-13-14-24)38-17-18-39(29(22-38)23-11-12-23)30(40)10-9-19-42-45(41,43-33(2,3)4)44-34(5,6)7/h8,15-16,20-21,23-24,29H,1,9-14,17-19,22,35H2,2-7H3/t29-/m0/s1. The van der Waals surface area contributed by atoms with Gasteiger partial charge in [-0.25, -0.2) is 9.55 Å². The lowest BCUT2D eigenvalue weighted by Gasteiger charge is -2.43. The van der Waals surface area contributed by atoms with Crippen LogP contribution in [-0.4, -0.2) is 64.3 Å². The van der Waals surface area contributed by atoms with Gasteiger partial charge in [0.15, 0.2) is 5.82 Å². The van der Waals surface area contributed by atoms with E-state index < -0.39 is 19.0 Å². The van der Waals surface area contributed by atoms with Gasteiger partial charge in [0.1, 0.15) is 0 Å². The minimum atomic E-state index is -3.81. The molecule has 1 amide bonds. The molecule has 2 N–H and O–H groups in total. The fourth-order valence-corrected chi connectivity index (χ4v) is 7.73. The number of aromatic nitrogens is 2. The molecule has 1 atom stereocenters. The molecule has 0 aromatic carbocycles. The largest absolute Gasteiger partial charge is 0.475 e. The average Bonchev–Trinajstić information content (AvgIpc) is 3.86. The Morgan fingerprint density at radius 1 is 1.09 bits per heavy atom. The molecule has 10 nitrogen and oxygen atoms in total. The Labute approximate surface area is 268 Å². The lowest BCUT2D eigenvalue weighted by Crippen LogP contribution is -2.56. The third-order valence-electron chi connectivity index (χ3n) is 8.09. The number of anilines is 2. The smallest absolute Gasteiger partial charge is 0.396 e. The predicted octanol–water partition coefficient (Wildman–Crippen LogP) is 7.21. The molecule has 2 aliphatic carbocycles. The fraction of sp³-hybridized carbons (Fsp3) is 0.618. The van der Waals surface area contributed by atoms with E-state index in [0.29, 0.717) is 50.0 Å². The second-order valence-electron chi connectivity index (χ2n) is 14.5. The van der Waals surface area contributed by atoms with Crippen LogP contribution in [0, 0.1) is 5.92 Å². The highest BCUT2D eigenvalue weighted by Gasteiger charge is 2.42. The van der Waals surface area contributed by atoms with Crippen molar-refractivity contribution in [2.75, 3.05) is 36.9 Å². The molecule has 2 aromatic heterocycles. The van der Waals surface area contributed by atoms with Gasteiger partial charge in [-0.1, -0.05) is 6.58 Å². The first-order valence-corrected chi connectivity index (χ1v) is 17.7. The third kappa shape index (κ3) is 8.94. The summed E-state index contributed by atoms with van der Waals surface area (Å²) in [6.07, 6.45) is 8.75. The first-order chi connectivity index (χ1) is 21.1. The van der Waals surface area contributed by atoms with Crippen LogP contribution in [-0.2, 0) is 22.9 Å². The van der Waals surface area contributed by atoms with Crippen LogP contribution >= 0.6 is 7.82 Å². The number of hydrogen-bond donors (Lipinski definition) is 1. The summed E-state index contributed by atoms with van der Waals surface area (Å²) >= 11 is 0. The quantitative estimate of drug-likeness (QED) is 0.190. The maximum absolute atomic E-state index is 13.5. The number of nitrogen functional groups attached to an aromatic ring is 1. The normalized spacial score (nSPS) is 19.6. The summed E-state index contributed by atoms with van der Waals surface area (Å²) in [7, 11) is -3.81. The molecule has 2 aromatic rings. The molecule has 2 saturated carbocycles. The second-order valence-corrected chi connectivity index (χ2v) is 16.0. The molecule has 0 radical (unpaired) electrons. The van der Waals surface area contributed by atoms with Crippen molar-refractivity contribution in [3.05, 3.63) is 42.4 Å². The summed E-state index contributed by atoms with van der Waals surface area (Å²) < 4.78 is 30.4. The Kier molecular flexibility index (Phi) is 9.81. The van der Waals surface area contributed by atoms with Crippen molar-refractivity contribution in [1.82, 2.24) is 14.9 Å². The van der Waals surface area contributed by atoms with Gasteiger partial charge in [0, 0.05) is 43.7 Å². The number of amides is 1. The van der Waals surface area contributed by atoms with Crippen LogP contribution in [0.4, 0.5) is 11.5 Å². The first kappa shape index (κ1) is 33.6. The Morgan fingerprint density at radius 2 is 1.78 bits per heavy atom. The Hall–Kier alpha value is -2.78. The van der Waals surface area contributed by atoms with Crippen molar-refractivity contribution in [2.24, 2.45) is 5.92 Å². The van der Waals surface area contributed by atoms with Gasteiger partial charge in [-0.2, -0.15) is 0 Å². The highest BCUT2D eigenvalue weighted by Crippen LogP contribution is 2.55. The molecule has 246 valence electrons. The van der Waals surface area contributed by atoms with E-state index in [0.717, 1.165) is 54.0 Å². The van der Waals surface area contributed by atoms with Crippen LogP contribution in [0.15, 0.2) is 31.0 Å². The topological polar surface area (TPSA) is 120 Å². The van der Waals surface area contributed by atoms with Gasteiger partial charge >= 0.3 is 7.82 Å². The summed E-state index contributed by atoms with van der Waals surface area (Å²) in [6, 6.07) is 6.20. The van der Waals surface area contributed by atoms with Crippen molar-refractivity contribution >= 4 is 31.3 Å². The Balaban J connectivity index is 1.24. The van der Waals surface area contributed by atoms with E-state index in [1.807, 2.05) is 17.0 Å². The van der Waals surface area contributed by atoms with Crippen molar-refractivity contribution in [3.8, 4) is 11.1 Å². The number of carbonyl (C=O) groups excluding carboxylic acids is 1. The summed E-state index contributed by atoms with van der Waals surface area (Å²) in [6.45, 7) is 16.8. The summed E-state index contributed by atoms with van der Waals surface area (Å²) in [4.78, 5) is 27.4. The number of nitrogens with zero attached hydrogens (tertiary/aromatic N) is 4. The molecular weight excluding hydrogens is 589 g/mol. The van der Waals surface area contributed by atoms with E-state index in [2.05, 4.69) is 22.5 Å². The van der Waals surface area contributed by atoms with Crippen LogP contribution in [0.3, 0.4) is 0 Å². The SMILES string of the molecule is C=Cc1cc(-c2cc(N)c(N3CCN(C(=O)CCCOP(=O)(OC(C)(C)C)OC(C)(C)C)[C@H](C4CC4)C3)nc2C2CC2)ccn1. The van der Waals surface area contributed by atoms with Crippen LogP contribution in [0.5, 0.6) is 0 Å². The van der Waals surface area contributed by atoms with E-state index >= 15 is 0 Å². The molecule has 0 bridgehead atoms. The van der Waals surface area contributed by atoms with Gasteiger partial charge in [0.2, 0.25) is 5.91 Å². The molecule has 1 saturated heterocycles. The molecular formula is C34H50N5O5P. The minimum Gasteiger partial charge on any atom is -0.396 e. The monoisotopic (exact) mass is 639 g/mol. The molecule has 3 aliphatic rings. The zero-order chi connectivity index (χ0) is 32.6. The number of phosphoric ester groups is 1. The van der Waals surface area contributed by atoms with Crippen molar-refractivity contribution in [1.29, 1.82) is 0 Å². The molecule has 3 heterocycles. The molecule has 5 rings (SSSR count). The lowest BCUT2D eigenvalue weighted by molar-refractivity contribution is -0.134. The van der Waals surface area contributed by atoms with Crippen LogP contribution in [0.2, 0.25) is 0 Å². The van der Waals surface area contributed by atoms with Crippen molar-refractivity contribution in [3.63, 3.8) is 0 Å². The fourth-order valence-electron chi connectivity index (χ4n) is 5.89. The van der Waals surface area contributed by atoms with Gasteiger partial charge in [0.05, 0.1) is 40.9 Å². The molecule has 0 unspecified atom stereocenters. The minimum absolute atomic E-state index is 0.0871. The summed E-state index contributed by atoms with van der Waals surface area (Å²) in [5.74, 6) is 1.82. The van der Waals surface area contributed by atoms with Gasteiger partial charge in [-0.15, -0.1) is 0 Å². The average molecular weight is 640 g/mol. The molecule has 45 heavy (non-hydrogen) atoms. The number of nitrogens with two attached hydrogens (primary N) is 1. The number of carbonyl (C=O) groups is 1. The summed E-state index contributed by atoms with van der Waals surface area (Å²) in [5, 5.41) is 0. The van der Waals surface area contributed by atoms with Gasteiger partial charge in [-0.05, 0) is 109 Å². The maximum Gasteiger partial charge on any atom is 0.475 e. The molecule has 11 heteroatoms. The van der Waals surface area contributed by atoms with Crippen LogP contribution < -0.4 is 10.6 Å². The number of phosphoric acid groups is 1. The predicted molar refractivity (Wildman–Crippen MR) is 179 cm³/mol. The first-order valence-electron chi connectivity index (χ1n) is 16.2. The highest BCUT2D eigenvalue weighted by molar-refractivity contribution is 7.48. The third-order valence-corrected chi connectivity index (χ3v) is 10.1. The van der Waals surface area contributed by atoms with E-state index in [1.165, 1.54) is 0 Å². The van der Waals surface area contributed by atoms with Gasteiger partial charge in [0.25, 0.3) is 0 Å². The number of rotatable bonds is 12. The van der Waals surface area contributed by atoms with Gasteiger partial charge < -0.3 is 15.5 Å². The maximum atomic E-state index is 13.5. The highest BCUT2D eigenvalue weighted by atomic mass is 31.2. The van der Waals surface area contributed by atoms with Crippen LogP contribution in [0.25, 0.3) is 17.2 Å². The van der Waals surface area contributed by atoms with Crippen molar-refractivity contribution in [2.45, 2.75) is 103 Å². The molecule has 0 spiro atoms. The zero-order valence-corrected chi connectivity index (χ0v) is 28.6. The summed E-state index contributed by atoms with van der Waals surface area (Å²) in [5.41, 5.74) is 9.95. The molecule has 1 aliphatic heterocycles. The van der Waals surface area contributed by atoms with Crippen molar-refractivity contribution < 1.29 is 22.9 Å². The number of hydrogen-bond acceptors (Lipinski definition) is 9. The van der Waals surface area contributed by atoms with Gasteiger partial charge in [-0.3, -0.25) is 23.3 Å². The van der Waals surface area contributed by atoms with Crippen LogP contribution in [0.1, 0.15) is 97.4 Å².